The van der Waals surface area contributed by atoms with Crippen LogP contribution in [0.15, 0.2) is 66.9 Å². The molecule has 0 saturated heterocycles. The predicted molar refractivity (Wildman–Crippen MR) is 153 cm³/mol. The Balaban J connectivity index is 1.58. The molecule has 0 unspecified atom stereocenters. The van der Waals surface area contributed by atoms with Gasteiger partial charge in [0.05, 0.1) is 44.9 Å². The zero-order chi connectivity index (χ0) is 29.8. The normalized spacial score (nSPS) is 11.0. The molecule has 9 nitrogen and oxygen atoms in total. The Morgan fingerprint density at radius 2 is 1.74 bits per heavy atom. The van der Waals surface area contributed by atoms with Crippen molar-refractivity contribution in [1.29, 1.82) is 0 Å². The van der Waals surface area contributed by atoms with E-state index < -0.39 is 17.2 Å². The van der Waals surface area contributed by atoms with E-state index >= 15 is 0 Å². The van der Waals surface area contributed by atoms with Crippen molar-refractivity contribution in [3.8, 4) is 28.8 Å². The fourth-order valence-electron chi connectivity index (χ4n) is 4.57. The first-order valence-corrected chi connectivity index (χ1v) is 13.1. The van der Waals surface area contributed by atoms with Crippen molar-refractivity contribution in [1.82, 2.24) is 14.5 Å². The number of aromatic hydroxyl groups is 1. The van der Waals surface area contributed by atoms with Gasteiger partial charge in [0.25, 0.3) is 0 Å². The number of carbonyl (C=O) groups excluding carboxylic acids is 1. The van der Waals surface area contributed by atoms with Gasteiger partial charge >= 0.3 is 5.97 Å². The van der Waals surface area contributed by atoms with E-state index in [0.29, 0.717) is 23.8 Å². The molecule has 2 heterocycles. The third kappa shape index (κ3) is 5.80. The van der Waals surface area contributed by atoms with Crippen molar-refractivity contribution in [3.63, 3.8) is 0 Å². The van der Waals surface area contributed by atoms with Crippen molar-refractivity contribution in [2.45, 2.75) is 19.9 Å². The number of hydrogen-bond acceptors (Lipinski definition) is 8. The molecule has 0 aliphatic carbocycles. The molecule has 2 aromatic heterocycles. The molecule has 5 rings (SSSR count). The Kier molecular flexibility index (Phi) is 8.19. The first-order valence-electron chi connectivity index (χ1n) is 13.1. The molecule has 0 radical (unpaired) electrons. The Hall–Kier alpha value is -5.19. The number of methoxy groups -OCH3 is 2. The topological polar surface area (TPSA) is 108 Å². The van der Waals surface area contributed by atoms with Crippen LogP contribution in [0.5, 0.6) is 17.4 Å². The molecule has 0 saturated carbocycles. The highest BCUT2D eigenvalue weighted by atomic mass is 19.1. The van der Waals surface area contributed by atoms with E-state index in [1.165, 1.54) is 13.2 Å². The predicted octanol–water partition coefficient (Wildman–Crippen LogP) is 6.00. The van der Waals surface area contributed by atoms with E-state index in [9.17, 15) is 18.7 Å². The minimum Gasteiger partial charge on any atom is -0.497 e. The van der Waals surface area contributed by atoms with E-state index in [-0.39, 0.29) is 47.4 Å². The fraction of sp³-hybridized carbons (Fsp3) is 0.194. The van der Waals surface area contributed by atoms with E-state index in [1.54, 1.807) is 61.2 Å². The quantitative estimate of drug-likeness (QED) is 0.196. The van der Waals surface area contributed by atoms with Crippen LogP contribution in [0.25, 0.3) is 22.3 Å². The number of fused-ring (bicyclic) bond motifs is 1. The van der Waals surface area contributed by atoms with E-state index in [1.807, 2.05) is 6.07 Å². The number of anilines is 2. The summed E-state index contributed by atoms with van der Waals surface area (Å²) in [4.78, 5) is 20.7. The first kappa shape index (κ1) is 28.3. The van der Waals surface area contributed by atoms with Crippen molar-refractivity contribution in [3.05, 3.63) is 89.6 Å². The molecule has 42 heavy (non-hydrogen) atoms. The molecule has 3 aromatic carbocycles. The lowest BCUT2D eigenvalue weighted by molar-refractivity contribution is -0.142. The minimum absolute atomic E-state index is 0.112. The standard InChI is InChI=1S/C31H28F2N4O5/c1-4-42-26(38)14-18-8-11-20(12-9-18)34-30-28-24(35-29(36-30)27-22(32)6-5-7-23(27)33)17-37(31(28)39)16-19-10-13-21(40-2)15-25(19)41-3/h5-13,15,17,39H,4,14,16H2,1-3H3,(H,34,35,36). The van der Waals surface area contributed by atoms with Crippen LogP contribution in [-0.4, -0.2) is 46.4 Å². The zero-order valence-corrected chi connectivity index (χ0v) is 23.1. The maximum atomic E-state index is 14.8. The molecular formula is C31H28F2N4O5. The number of rotatable bonds is 10. The van der Waals surface area contributed by atoms with Crippen LogP contribution in [0.4, 0.5) is 20.3 Å². The molecule has 0 fully saturated rings. The molecular weight excluding hydrogens is 546 g/mol. The maximum absolute atomic E-state index is 14.8. The molecule has 0 spiro atoms. The average Bonchev–Trinajstić information content (AvgIpc) is 3.29. The highest BCUT2D eigenvalue weighted by molar-refractivity contribution is 5.97. The molecule has 0 bridgehead atoms. The number of carbonyl (C=O) groups is 1. The van der Waals surface area contributed by atoms with Gasteiger partial charge in [0, 0.05) is 23.5 Å². The van der Waals surface area contributed by atoms with Crippen LogP contribution < -0.4 is 14.8 Å². The third-order valence-electron chi connectivity index (χ3n) is 6.60. The summed E-state index contributed by atoms with van der Waals surface area (Å²) in [5.74, 6) is -1.05. The van der Waals surface area contributed by atoms with E-state index in [0.717, 1.165) is 23.3 Å². The second-order valence-electron chi connectivity index (χ2n) is 9.31. The van der Waals surface area contributed by atoms with Gasteiger partial charge < -0.3 is 29.2 Å². The lowest BCUT2D eigenvalue weighted by Crippen LogP contribution is -2.07. The van der Waals surface area contributed by atoms with Crippen molar-refractivity contribution < 1.29 is 32.9 Å². The van der Waals surface area contributed by atoms with Crippen LogP contribution in [0.3, 0.4) is 0 Å². The van der Waals surface area contributed by atoms with Gasteiger partial charge in [-0.2, -0.15) is 0 Å². The van der Waals surface area contributed by atoms with Gasteiger partial charge in [-0.3, -0.25) is 4.79 Å². The smallest absolute Gasteiger partial charge is 0.310 e. The molecule has 5 aromatic rings. The Bertz CT molecular complexity index is 1740. The van der Waals surface area contributed by atoms with Crippen molar-refractivity contribution in [2.24, 2.45) is 0 Å². The number of esters is 1. The number of benzene rings is 3. The van der Waals surface area contributed by atoms with Crippen molar-refractivity contribution >= 4 is 28.4 Å². The van der Waals surface area contributed by atoms with Gasteiger partial charge in [-0.15, -0.1) is 0 Å². The second-order valence-corrected chi connectivity index (χ2v) is 9.31. The number of nitrogens with one attached hydrogen (secondary N) is 1. The van der Waals surface area contributed by atoms with Gasteiger partial charge in [-0.05, 0) is 48.9 Å². The summed E-state index contributed by atoms with van der Waals surface area (Å²) in [7, 11) is 3.08. The summed E-state index contributed by atoms with van der Waals surface area (Å²) in [6.45, 7) is 2.23. The zero-order valence-electron chi connectivity index (χ0n) is 23.1. The van der Waals surface area contributed by atoms with Gasteiger partial charge in [-0.25, -0.2) is 18.7 Å². The molecule has 11 heteroatoms. The van der Waals surface area contributed by atoms with Crippen LogP contribution in [-0.2, 0) is 22.5 Å². The maximum Gasteiger partial charge on any atom is 0.310 e. The van der Waals surface area contributed by atoms with Crippen molar-refractivity contribution in [2.75, 3.05) is 26.1 Å². The summed E-state index contributed by atoms with van der Waals surface area (Å²) in [5, 5.41) is 14.7. The largest absolute Gasteiger partial charge is 0.497 e. The molecule has 0 atom stereocenters. The molecule has 0 aliphatic heterocycles. The number of aromatic nitrogens is 3. The summed E-state index contributed by atoms with van der Waals surface area (Å²) >= 11 is 0. The summed E-state index contributed by atoms with van der Waals surface area (Å²) < 4.78 is 46.8. The Morgan fingerprint density at radius 1 is 1.00 bits per heavy atom. The van der Waals surface area contributed by atoms with E-state index in [2.05, 4.69) is 15.3 Å². The number of ether oxygens (including phenoxy) is 3. The fourth-order valence-corrected chi connectivity index (χ4v) is 4.57. The molecule has 0 aliphatic rings. The SMILES string of the molecule is CCOC(=O)Cc1ccc(Nc2nc(-c3c(F)cccc3F)nc3cn(Cc4ccc(OC)cc4OC)c(O)c23)cc1. The average molecular weight is 575 g/mol. The summed E-state index contributed by atoms with van der Waals surface area (Å²) in [6, 6.07) is 15.8. The Morgan fingerprint density at radius 3 is 2.40 bits per heavy atom. The Labute approximate surface area is 240 Å². The summed E-state index contributed by atoms with van der Waals surface area (Å²) in [5.41, 5.74) is 1.91. The second kappa shape index (κ2) is 12.1. The van der Waals surface area contributed by atoms with Gasteiger partial charge in [0.1, 0.15) is 34.3 Å². The molecule has 0 amide bonds. The first-order chi connectivity index (χ1) is 20.3. The highest BCUT2D eigenvalue weighted by Crippen LogP contribution is 2.37. The number of halogens is 2. The minimum atomic E-state index is -0.824. The monoisotopic (exact) mass is 574 g/mol. The van der Waals surface area contributed by atoms with E-state index in [4.69, 9.17) is 14.2 Å². The summed E-state index contributed by atoms with van der Waals surface area (Å²) in [6.07, 6.45) is 1.69. The highest BCUT2D eigenvalue weighted by Gasteiger charge is 2.22. The number of hydrogen-bond donors (Lipinski definition) is 2. The molecule has 216 valence electrons. The lowest BCUT2D eigenvalue weighted by atomic mass is 10.1. The van der Waals surface area contributed by atoms with Crippen LogP contribution in [0.1, 0.15) is 18.1 Å². The third-order valence-corrected chi connectivity index (χ3v) is 6.60. The van der Waals surface area contributed by atoms with Crippen LogP contribution in [0.2, 0.25) is 0 Å². The van der Waals surface area contributed by atoms with Crippen LogP contribution in [0, 0.1) is 11.6 Å². The van der Waals surface area contributed by atoms with Crippen LogP contribution >= 0.6 is 0 Å². The van der Waals surface area contributed by atoms with Gasteiger partial charge in [-0.1, -0.05) is 18.2 Å². The number of nitrogens with zero attached hydrogens (tertiary/aromatic N) is 3. The lowest BCUT2D eigenvalue weighted by Gasteiger charge is -2.12. The molecule has 2 N–H and O–H groups in total. The van der Waals surface area contributed by atoms with Gasteiger partial charge in [0.2, 0.25) is 5.88 Å². The van der Waals surface area contributed by atoms with Gasteiger partial charge in [0.15, 0.2) is 5.82 Å².